The highest BCUT2D eigenvalue weighted by atomic mass is 16.5. The zero-order chi connectivity index (χ0) is 16.4. The summed E-state index contributed by atoms with van der Waals surface area (Å²) in [6.07, 6.45) is 2.31. The molecular weight excluding hydrogens is 276 g/mol. The highest BCUT2D eigenvalue weighted by molar-refractivity contribution is 4.95. The van der Waals surface area contributed by atoms with Crippen LogP contribution in [0.25, 0.3) is 0 Å². The van der Waals surface area contributed by atoms with E-state index < -0.39 is 0 Å². The second kappa shape index (κ2) is 6.76. The van der Waals surface area contributed by atoms with E-state index in [-0.39, 0.29) is 16.7 Å². The molecule has 0 radical (unpaired) electrons. The van der Waals surface area contributed by atoms with Crippen molar-refractivity contribution in [3.05, 3.63) is 0 Å². The average Bonchev–Trinajstić information content (AvgIpc) is 2.37. The Kier molecular flexibility index (Phi) is 5.59. The van der Waals surface area contributed by atoms with E-state index in [2.05, 4.69) is 51.3 Å². The summed E-state index contributed by atoms with van der Waals surface area (Å²) in [5, 5.41) is 0. The number of piperidine rings is 1. The average molecular weight is 312 g/mol. The van der Waals surface area contributed by atoms with E-state index in [1.807, 2.05) is 0 Å². The molecule has 1 spiro atoms. The Balaban J connectivity index is 1.81. The molecule has 0 amide bonds. The number of likely N-dealkylation sites (tertiary alicyclic amines) is 1. The molecule has 0 aliphatic carbocycles. The maximum Gasteiger partial charge on any atom is 0.0833 e. The summed E-state index contributed by atoms with van der Waals surface area (Å²) in [4.78, 5) is 5.12. The molecule has 2 aliphatic rings. The Morgan fingerprint density at radius 3 is 2.18 bits per heavy atom. The summed E-state index contributed by atoms with van der Waals surface area (Å²) < 4.78 is 12.1. The highest BCUT2D eigenvalue weighted by Gasteiger charge is 2.41. The summed E-state index contributed by atoms with van der Waals surface area (Å²) in [6, 6.07) is 0. The van der Waals surface area contributed by atoms with Gasteiger partial charge in [-0.2, -0.15) is 0 Å². The van der Waals surface area contributed by atoms with Gasteiger partial charge in [-0.25, -0.2) is 0 Å². The van der Waals surface area contributed by atoms with Gasteiger partial charge in [-0.3, -0.25) is 9.80 Å². The minimum atomic E-state index is -0.0397. The topological polar surface area (TPSA) is 24.9 Å². The standard InChI is InChI=1S/C18H36N2O2/c1-16(2,3)20-9-7-18(8-10-20)15-19(12-14-22-18)11-13-21-17(4,5)6/h7-15H2,1-6H3. The molecular formula is C18H36N2O2. The van der Waals surface area contributed by atoms with E-state index in [0.29, 0.717) is 0 Å². The van der Waals surface area contributed by atoms with Gasteiger partial charge in [0.25, 0.3) is 0 Å². The third-order valence-corrected chi connectivity index (χ3v) is 4.89. The van der Waals surface area contributed by atoms with Crippen LogP contribution in [0, 0.1) is 0 Å². The van der Waals surface area contributed by atoms with Gasteiger partial charge in [0.15, 0.2) is 0 Å². The van der Waals surface area contributed by atoms with Gasteiger partial charge in [-0.05, 0) is 54.4 Å². The molecule has 4 nitrogen and oxygen atoms in total. The van der Waals surface area contributed by atoms with E-state index in [1.54, 1.807) is 0 Å². The van der Waals surface area contributed by atoms with Crippen molar-refractivity contribution in [2.45, 2.75) is 71.1 Å². The van der Waals surface area contributed by atoms with E-state index in [4.69, 9.17) is 9.47 Å². The second-order valence-electron chi connectivity index (χ2n) is 8.93. The number of nitrogens with zero attached hydrogens (tertiary/aromatic N) is 2. The molecule has 2 heterocycles. The maximum absolute atomic E-state index is 6.24. The van der Waals surface area contributed by atoms with Crippen LogP contribution in [-0.2, 0) is 9.47 Å². The van der Waals surface area contributed by atoms with E-state index in [1.165, 1.54) is 0 Å². The summed E-state index contributed by atoms with van der Waals surface area (Å²) in [5.41, 5.74) is 0.320. The van der Waals surface area contributed by atoms with Crippen LogP contribution in [0.15, 0.2) is 0 Å². The van der Waals surface area contributed by atoms with Crippen LogP contribution in [-0.4, -0.2) is 72.5 Å². The molecule has 0 saturated carbocycles. The van der Waals surface area contributed by atoms with Crippen LogP contribution in [0.5, 0.6) is 0 Å². The lowest BCUT2D eigenvalue weighted by Gasteiger charge is -2.50. The van der Waals surface area contributed by atoms with Crippen LogP contribution in [0.4, 0.5) is 0 Å². The third-order valence-electron chi connectivity index (χ3n) is 4.89. The van der Waals surface area contributed by atoms with Crippen LogP contribution < -0.4 is 0 Å². The fourth-order valence-corrected chi connectivity index (χ4v) is 3.48. The quantitative estimate of drug-likeness (QED) is 0.800. The fourth-order valence-electron chi connectivity index (χ4n) is 3.48. The molecule has 0 unspecified atom stereocenters. The monoisotopic (exact) mass is 312 g/mol. The van der Waals surface area contributed by atoms with Crippen molar-refractivity contribution >= 4 is 0 Å². The van der Waals surface area contributed by atoms with Gasteiger partial charge in [0.1, 0.15) is 0 Å². The number of morpholine rings is 1. The van der Waals surface area contributed by atoms with Crippen molar-refractivity contribution in [3.8, 4) is 0 Å². The molecule has 2 fully saturated rings. The number of ether oxygens (including phenoxy) is 2. The van der Waals surface area contributed by atoms with Crippen LogP contribution in [0.2, 0.25) is 0 Å². The molecule has 0 N–H and O–H groups in total. The summed E-state index contributed by atoms with van der Waals surface area (Å²) in [6.45, 7) is 20.4. The van der Waals surface area contributed by atoms with Gasteiger partial charge in [-0.1, -0.05) is 0 Å². The van der Waals surface area contributed by atoms with Crippen molar-refractivity contribution in [1.29, 1.82) is 0 Å². The minimum absolute atomic E-state index is 0.0397. The van der Waals surface area contributed by atoms with Gasteiger partial charge >= 0.3 is 0 Å². The summed E-state index contributed by atoms with van der Waals surface area (Å²) in [7, 11) is 0. The predicted octanol–water partition coefficient (Wildman–Crippen LogP) is 2.77. The van der Waals surface area contributed by atoms with E-state index in [0.717, 1.165) is 58.8 Å². The maximum atomic E-state index is 6.24. The summed E-state index contributed by atoms with van der Waals surface area (Å²) >= 11 is 0. The van der Waals surface area contributed by atoms with Gasteiger partial charge in [-0.15, -0.1) is 0 Å². The molecule has 4 heteroatoms. The van der Waals surface area contributed by atoms with Gasteiger partial charge in [0.05, 0.1) is 24.4 Å². The van der Waals surface area contributed by atoms with Crippen molar-refractivity contribution in [2.75, 3.05) is 45.9 Å². The molecule has 0 aromatic heterocycles. The molecule has 0 atom stereocenters. The first-order valence-corrected chi connectivity index (χ1v) is 8.85. The first-order chi connectivity index (χ1) is 10.1. The molecule has 2 saturated heterocycles. The van der Waals surface area contributed by atoms with Gasteiger partial charge in [0.2, 0.25) is 0 Å². The normalized spacial score (nSPS) is 24.8. The lowest BCUT2D eigenvalue weighted by atomic mass is 9.87. The Bertz CT molecular complexity index is 349. The second-order valence-corrected chi connectivity index (χ2v) is 8.93. The van der Waals surface area contributed by atoms with Crippen molar-refractivity contribution in [3.63, 3.8) is 0 Å². The van der Waals surface area contributed by atoms with E-state index >= 15 is 0 Å². The molecule has 0 bridgehead atoms. The Labute approximate surface area is 137 Å². The Morgan fingerprint density at radius 1 is 1.00 bits per heavy atom. The van der Waals surface area contributed by atoms with Crippen molar-refractivity contribution in [1.82, 2.24) is 9.80 Å². The minimum Gasteiger partial charge on any atom is -0.375 e. The predicted molar refractivity (Wildman–Crippen MR) is 91.4 cm³/mol. The lowest BCUT2D eigenvalue weighted by molar-refractivity contribution is -0.146. The van der Waals surface area contributed by atoms with Crippen LogP contribution in [0.1, 0.15) is 54.4 Å². The molecule has 22 heavy (non-hydrogen) atoms. The zero-order valence-corrected chi connectivity index (χ0v) is 15.6. The van der Waals surface area contributed by atoms with Gasteiger partial charge < -0.3 is 9.47 Å². The number of hydrogen-bond acceptors (Lipinski definition) is 4. The highest BCUT2D eigenvalue weighted by Crippen LogP contribution is 2.32. The van der Waals surface area contributed by atoms with Crippen LogP contribution in [0.3, 0.4) is 0 Å². The number of hydrogen-bond donors (Lipinski definition) is 0. The fraction of sp³-hybridized carbons (Fsp3) is 1.00. The van der Waals surface area contributed by atoms with Crippen molar-refractivity contribution < 1.29 is 9.47 Å². The molecule has 2 aliphatic heterocycles. The Hall–Kier alpha value is -0.160. The SMILES string of the molecule is CC(C)(C)OCCN1CCOC2(CCN(C(C)(C)C)CC2)C1. The van der Waals surface area contributed by atoms with E-state index in [9.17, 15) is 0 Å². The number of rotatable bonds is 3. The first kappa shape index (κ1) is 18.2. The van der Waals surface area contributed by atoms with Gasteiger partial charge in [0, 0.05) is 38.3 Å². The Morgan fingerprint density at radius 2 is 1.64 bits per heavy atom. The lowest BCUT2D eigenvalue weighted by Crippen LogP contribution is -2.59. The molecule has 2 rings (SSSR count). The third kappa shape index (κ3) is 5.19. The first-order valence-electron chi connectivity index (χ1n) is 8.85. The summed E-state index contributed by atoms with van der Waals surface area (Å²) in [5.74, 6) is 0. The smallest absolute Gasteiger partial charge is 0.0833 e. The van der Waals surface area contributed by atoms with Crippen molar-refractivity contribution in [2.24, 2.45) is 0 Å². The van der Waals surface area contributed by atoms with Crippen LogP contribution >= 0.6 is 0 Å². The molecule has 0 aromatic rings. The zero-order valence-electron chi connectivity index (χ0n) is 15.6. The molecule has 0 aromatic carbocycles. The molecule has 130 valence electrons. The largest absolute Gasteiger partial charge is 0.375 e.